The third-order valence-corrected chi connectivity index (χ3v) is 2.85. The Bertz CT molecular complexity index is 674. The van der Waals surface area contributed by atoms with E-state index < -0.39 is 0 Å². The van der Waals surface area contributed by atoms with Crippen LogP contribution < -0.4 is 11.3 Å². The summed E-state index contributed by atoms with van der Waals surface area (Å²) in [7, 11) is 0. The molecule has 0 aliphatic rings. The predicted molar refractivity (Wildman–Crippen MR) is 70.9 cm³/mol. The van der Waals surface area contributed by atoms with E-state index in [2.05, 4.69) is 15.5 Å². The van der Waals surface area contributed by atoms with E-state index in [9.17, 15) is 0 Å². The Kier molecular flexibility index (Phi) is 2.66. The average molecular weight is 239 g/mol. The van der Waals surface area contributed by atoms with E-state index in [-0.39, 0.29) is 0 Å². The van der Waals surface area contributed by atoms with E-state index in [4.69, 9.17) is 5.84 Å². The van der Waals surface area contributed by atoms with E-state index in [1.54, 1.807) is 6.20 Å². The minimum Gasteiger partial charge on any atom is -0.324 e. The molecule has 0 radical (unpaired) electrons. The van der Waals surface area contributed by atoms with Gasteiger partial charge >= 0.3 is 0 Å². The van der Waals surface area contributed by atoms with Crippen LogP contribution in [0, 0.1) is 0 Å². The average Bonchev–Trinajstić information content (AvgIpc) is 2.83. The van der Waals surface area contributed by atoms with Gasteiger partial charge in [-0.2, -0.15) is 5.10 Å². The predicted octanol–water partition coefficient (Wildman–Crippen LogP) is 1.77. The third-order valence-electron chi connectivity index (χ3n) is 2.85. The van der Waals surface area contributed by atoms with Gasteiger partial charge in [-0.25, -0.2) is 0 Å². The summed E-state index contributed by atoms with van der Waals surface area (Å²) in [6, 6.07) is 11.8. The Hall–Kier alpha value is -2.40. The summed E-state index contributed by atoms with van der Waals surface area (Å²) < 4.78 is 1.93. The normalized spacial score (nSPS) is 10.7. The van der Waals surface area contributed by atoms with Crippen LogP contribution in [0.3, 0.4) is 0 Å². The van der Waals surface area contributed by atoms with Crippen molar-refractivity contribution >= 4 is 16.6 Å². The fraction of sp³-hybridized carbons (Fsp3) is 0.0769. The topological polar surface area (TPSA) is 68.8 Å². The fourth-order valence-corrected chi connectivity index (χ4v) is 1.96. The molecule has 0 saturated heterocycles. The lowest BCUT2D eigenvalue weighted by Gasteiger charge is -2.05. The van der Waals surface area contributed by atoms with Crippen LogP contribution >= 0.6 is 0 Å². The number of rotatable bonds is 3. The van der Waals surface area contributed by atoms with Gasteiger partial charge in [0.2, 0.25) is 0 Å². The van der Waals surface area contributed by atoms with Crippen molar-refractivity contribution in [3.05, 3.63) is 54.5 Å². The molecular weight excluding hydrogens is 226 g/mol. The van der Waals surface area contributed by atoms with Gasteiger partial charge in [-0.1, -0.05) is 18.2 Å². The summed E-state index contributed by atoms with van der Waals surface area (Å²) in [5.41, 5.74) is 5.48. The van der Waals surface area contributed by atoms with E-state index in [1.165, 1.54) is 0 Å². The van der Waals surface area contributed by atoms with Gasteiger partial charge in [-0.15, -0.1) is 0 Å². The van der Waals surface area contributed by atoms with Crippen LogP contribution in [-0.2, 0) is 6.54 Å². The highest BCUT2D eigenvalue weighted by Crippen LogP contribution is 2.14. The second-order valence-electron chi connectivity index (χ2n) is 4.04. The standard InChI is InChI=1S/C13H13N5/c14-17-11-5-6-15-12(7-11)9-18-13-4-2-1-3-10(13)8-16-18/h1-8H,9,14H2,(H,15,17). The Morgan fingerprint density at radius 2 is 2.11 bits per heavy atom. The van der Waals surface area contributed by atoms with Gasteiger partial charge in [0, 0.05) is 11.6 Å². The molecule has 0 unspecified atom stereocenters. The van der Waals surface area contributed by atoms with Crippen LogP contribution in [0.25, 0.3) is 10.9 Å². The molecule has 0 spiro atoms. The van der Waals surface area contributed by atoms with Gasteiger partial charge in [0.25, 0.3) is 0 Å². The lowest BCUT2D eigenvalue weighted by atomic mass is 10.2. The van der Waals surface area contributed by atoms with E-state index >= 15 is 0 Å². The number of nitrogen functional groups attached to an aromatic ring is 1. The van der Waals surface area contributed by atoms with Crippen molar-refractivity contribution in [2.24, 2.45) is 5.84 Å². The number of nitrogens with one attached hydrogen (secondary N) is 1. The maximum atomic E-state index is 5.38. The molecule has 0 bridgehead atoms. The summed E-state index contributed by atoms with van der Waals surface area (Å²) >= 11 is 0. The molecule has 0 atom stereocenters. The molecule has 90 valence electrons. The number of hydrogen-bond acceptors (Lipinski definition) is 4. The zero-order chi connectivity index (χ0) is 12.4. The number of hydrogen-bond donors (Lipinski definition) is 2. The lowest BCUT2D eigenvalue weighted by Crippen LogP contribution is -2.08. The highest BCUT2D eigenvalue weighted by atomic mass is 15.3. The van der Waals surface area contributed by atoms with Crippen LogP contribution in [0.1, 0.15) is 5.69 Å². The number of aromatic nitrogens is 3. The van der Waals surface area contributed by atoms with E-state index in [1.807, 2.05) is 47.3 Å². The van der Waals surface area contributed by atoms with E-state index in [0.29, 0.717) is 6.54 Å². The molecule has 18 heavy (non-hydrogen) atoms. The molecule has 0 amide bonds. The summed E-state index contributed by atoms with van der Waals surface area (Å²) in [6.07, 6.45) is 3.59. The molecule has 0 saturated carbocycles. The van der Waals surface area contributed by atoms with Crippen molar-refractivity contribution in [1.29, 1.82) is 0 Å². The van der Waals surface area contributed by atoms with Crippen molar-refractivity contribution in [1.82, 2.24) is 14.8 Å². The van der Waals surface area contributed by atoms with Crippen LogP contribution in [0.5, 0.6) is 0 Å². The first-order valence-corrected chi connectivity index (χ1v) is 5.69. The van der Waals surface area contributed by atoms with Gasteiger partial charge in [0.05, 0.1) is 29.6 Å². The number of anilines is 1. The fourth-order valence-electron chi connectivity index (χ4n) is 1.96. The number of nitrogens with zero attached hydrogens (tertiary/aromatic N) is 3. The Balaban J connectivity index is 1.96. The van der Waals surface area contributed by atoms with Crippen LogP contribution in [-0.4, -0.2) is 14.8 Å². The molecule has 0 aliphatic carbocycles. The summed E-state index contributed by atoms with van der Waals surface area (Å²) in [6.45, 7) is 0.628. The highest BCUT2D eigenvalue weighted by Gasteiger charge is 2.03. The molecule has 0 aliphatic heterocycles. The van der Waals surface area contributed by atoms with Gasteiger partial charge in [-0.05, 0) is 18.2 Å². The maximum absolute atomic E-state index is 5.38. The van der Waals surface area contributed by atoms with E-state index in [0.717, 1.165) is 22.3 Å². The maximum Gasteiger partial charge on any atom is 0.0839 e. The molecule has 2 aromatic heterocycles. The van der Waals surface area contributed by atoms with Crippen LogP contribution in [0.2, 0.25) is 0 Å². The molecule has 2 heterocycles. The van der Waals surface area contributed by atoms with Crippen molar-refractivity contribution in [2.75, 3.05) is 5.43 Å². The van der Waals surface area contributed by atoms with Crippen LogP contribution in [0.15, 0.2) is 48.8 Å². The smallest absolute Gasteiger partial charge is 0.0839 e. The number of benzene rings is 1. The molecule has 5 nitrogen and oxygen atoms in total. The minimum absolute atomic E-state index is 0.628. The van der Waals surface area contributed by atoms with Crippen molar-refractivity contribution in [2.45, 2.75) is 6.54 Å². The summed E-state index contributed by atoms with van der Waals surface area (Å²) in [4.78, 5) is 4.31. The largest absolute Gasteiger partial charge is 0.324 e. The second-order valence-corrected chi connectivity index (χ2v) is 4.04. The second kappa shape index (κ2) is 4.46. The lowest BCUT2D eigenvalue weighted by molar-refractivity contribution is 0.696. The summed E-state index contributed by atoms with van der Waals surface area (Å²) in [5.74, 6) is 5.38. The van der Waals surface area contributed by atoms with Crippen molar-refractivity contribution < 1.29 is 0 Å². The number of fused-ring (bicyclic) bond motifs is 1. The number of hydrazine groups is 1. The van der Waals surface area contributed by atoms with Gasteiger partial charge < -0.3 is 5.43 Å². The molecule has 3 aromatic rings. The molecule has 3 rings (SSSR count). The Morgan fingerprint density at radius 3 is 3.00 bits per heavy atom. The molecule has 3 N–H and O–H groups in total. The highest BCUT2D eigenvalue weighted by molar-refractivity contribution is 5.78. The van der Waals surface area contributed by atoms with Gasteiger partial charge in [-0.3, -0.25) is 15.5 Å². The molecular formula is C13H13N5. The molecule has 1 aromatic carbocycles. The SMILES string of the molecule is NNc1ccnc(Cn2ncc3ccccc32)c1. The quantitative estimate of drug-likeness (QED) is 0.540. The zero-order valence-corrected chi connectivity index (χ0v) is 9.74. The monoisotopic (exact) mass is 239 g/mol. The van der Waals surface area contributed by atoms with Crippen molar-refractivity contribution in [3.63, 3.8) is 0 Å². The molecule has 5 heteroatoms. The van der Waals surface area contributed by atoms with Gasteiger partial charge in [0.1, 0.15) is 0 Å². The zero-order valence-electron chi connectivity index (χ0n) is 9.74. The Labute approximate surface area is 104 Å². The number of nitrogens with two attached hydrogens (primary N) is 1. The number of pyridine rings is 1. The first kappa shape index (κ1) is 10.7. The van der Waals surface area contributed by atoms with Crippen molar-refractivity contribution in [3.8, 4) is 0 Å². The van der Waals surface area contributed by atoms with Crippen LogP contribution in [0.4, 0.5) is 5.69 Å². The first-order chi connectivity index (χ1) is 8.86. The minimum atomic E-state index is 0.628. The summed E-state index contributed by atoms with van der Waals surface area (Å²) in [5, 5.41) is 5.50. The molecule has 0 fully saturated rings. The third kappa shape index (κ3) is 1.91. The van der Waals surface area contributed by atoms with Gasteiger partial charge in [0.15, 0.2) is 0 Å². The number of para-hydroxylation sites is 1. The Morgan fingerprint density at radius 1 is 1.22 bits per heavy atom. The first-order valence-electron chi connectivity index (χ1n) is 5.69.